The Hall–Kier alpha value is -1.22. The average molecular weight is 333 g/mol. The molecule has 0 amide bonds. The fourth-order valence-electron chi connectivity index (χ4n) is 4.39. The lowest BCUT2D eigenvalue weighted by Crippen LogP contribution is -2.55. The normalized spacial score (nSPS) is 21.3. The van der Waals surface area contributed by atoms with Gasteiger partial charge in [-0.15, -0.1) is 0 Å². The van der Waals surface area contributed by atoms with Crippen LogP contribution in [0.1, 0.15) is 61.0 Å². The summed E-state index contributed by atoms with van der Waals surface area (Å²) >= 11 is 0. The van der Waals surface area contributed by atoms with Gasteiger partial charge in [0, 0.05) is 11.1 Å². The Morgan fingerprint density at radius 3 is 1.96 bits per heavy atom. The maximum atomic E-state index is 6.72. The first-order valence-electron chi connectivity index (χ1n) is 8.57. The topological polar surface area (TPSA) is 18.5 Å². The average Bonchev–Trinajstić information content (AvgIpc) is 2.71. The molecular weight excluding hydrogens is 300 g/mol. The Balaban J connectivity index is 2.27. The summed E-state index contributed by atoms with van der Waals surface area (Å²) in [5, 5.41) is 0.285. The number of ether oxygens (including phenoxy) is 1. The van der Waals surface area contributed by atoms with Gasteiger partial charge in [0.15, 0.2) is 0 Å². The first-order chi connectivity index (χ1) is 10.5. The summed E-state index contributed by atoms with van der Waals surface area (Å²) < 4.78 is 12.8. The molecule has 1 aromatic rings. The van der Waals surface area contributed by atoms with Crippen LogP contribution in [0.4, 0.5) is 0 Å². The zero-order valence-corrected chi connectivity index (χ0v) is 17.0. The smallest absolute Gasteiger partial charge is 0.272 e. The van der Waals surface area contributed by atoms with Crippen molar-refractivity contribution in [2.45, 2.75) is 77.6 Å². The molecule has 0 aromatic heterocycles. The Morgan fingerprint density at radius 1 is 1.00 bits per heavy atom. The molecule has 1 atom stereocenters. The predicted octanol–water partition coefficient (Wildman–Crippen LogP) is 6.40. The van der Waals surface area contributed by atoms with Gasteiger partial charge in [-0.1, -0.05) is 78.8 Å². The fourth-order valence-corrected chi connectivity index (χ4v) is 11.3. The first kappa shape index (κ1) is 18.1. The molecule has 1 heterocycles. The Kier molecular flexibility index (Phi) is 4.73. The maximum Gasteiger partial charge on any atom is 0.272 e. The van der Waals surface area contributed by atoms with Crippen LogP contribution < -0.4 is 0 Å². The van der Waals surface area contributed by atoms with E-state index in [1.54, 1.807) is 0 Å². The van der Waals surface area contributed by atoms with Crippen LogP contribution in [-0.4, -0.2) is 8.32 Å². The van der Waals surface area contributed by atoms with Crippen molar-refractivity contribution in [2.75, 3.05) is 0 Å². The molecule has 0 radical (unpaired) electrons. The van der Waals surface area contributed by atoms with Crippen molar-refractivity contribution in [2.24, 2.45) is 0 Å². The number of allylic oxidation sites excluding steroid dienone is 1. The lowest BCUT2D eigenvalue weighted by molar-refractivity contribution is 0.0871. The quantitative estimate of drug-likeness (QED) is 0.596. The minimum atomic E-state index is -2.10. The van der Waals surface area contributed by atoms with Gasteiger partial charge in [-0.3, -0.25) is 0 Å². The van der Waals surface area contributed by atoms with Gasteiger partial charge >= 0.3 is 0 Å². The van der Waals surface area contributed by atoms with Gasteiger partial charge in [0.2, 0.25) is 0 Å². The number of hydrogen-bond acceptors (Lipinski definition) is 2. The summed E-state index contributed by atoms with van der Waals surface area (Å²) in [5.74, 6) is 0.776. The highest BCUT2D eigenvalue weighted by molar-refractivity contribution is 6.82. The fraction of sp³-hybridized carbons (Fsp3) is 0.600. The van der Waals surface area contributed by atoms with E-state index in [0.29, 0.717) is 12.1 Å². The highest BCUT2D eigenvalue weighted by atomic mass is 28.4. The minimum absolute atomic E-state index is 0.143. The first-order valence-corrected chi connectivity index (χ1v) is 10.6. The molecular formula is C20H32O2Si. The summed E-state index contributed by atoms with van der Waals surface area (Å²) in [6.45, 7) is 19.0. The van der Waals surface area contributed by atoms with Crippen molar-refractivity contribution >= 4 is 8.32 Å². The van der Waals surface area contributed by atoms with Crippen LogP contribution >= 0.6 is 0 Å². The van der Waals surface area contributed by atoms with Crippen molar-refractivity contribution in [1.29, 1.82) is 0 Å². The van der Waals surface area contributed by atoms with E-state index < -0.39 is 8.32 Å². The Labute approximate surface area is 143 Å². The van der Waals surface area contributed by atoms with Crippen molar-refractivity contribution in [3.63, 3.8) is 0 Å². The van der Waals surface area contributed by atoms with Gasteiger partial charge in [-0.25, -0.2) is 0 Å². The maximum absolute atomic E-state index is 6.72. The second kappa shape index (κ2) is 6.01. The van der Waals surface area contributed by atoms with E-state index in [0.717, 1.165) is 5.95 Å². The number of rotatable bonds is 3. The van der Waals surface area contributed by atoms with Crippen molar-refractivity contribution in [1.82, 2.24) is 0 Å². The highest BCUT2D eigenvalue weighted by Gasteiger charge is 2.64. The largest absolute Gasteiger partial charge is 0.517 e. The van der Waals surface area contributed by atoms with Crippen LogP contribution in [0.3, 0.4) is 0 Å². The third-order valence-electron chi connectivity index (χ3n) is 5.28. The van der Waals surface area contributed by atoms with Crippen LogP contribution in [-0.2, 0) is 15.8 Å². The molecule has 1 unspecified atom stereocenters. The molecule has 1 aromatic carbocycles. The van der Waals surface area contributed by atoms with Crippen LogP contribution in [0, 0.1) is 0 Å². The summed E-state index contributed by atoms with van der Waals surface area (Å²) in [4.78, 5) is 0. The van der Waals surface area contributed by atoms with Gasteiger partial charge in [-0.05, 0) is 22.6 Å². The molecule has 1 aliphatic heterocycles. The summed E-state index contributed by atoms with van der Waals surface area (Å²) in [6, 6.07) is 10.3. The molecule has 0 bridgehead atoms. The molecule has 128 valence electrons. The van der Waals surface area contributed by atoms with E-state index in [1.165, 1.54) is 11.1 Å². The number of hydrogen-bond donors (Lipinski definition) is 0. The number of benzene rings is 1. The van der Waals surface area contributed by atoms with Gasteiger partial charge in [0.25, 0.3) is 14.3 Å². The standard InChI is InChI=1S/C20H32O2Si/c1-15-16(2)23(19(3,4)5,20(6,7)8)22-18(15)21-14-17-12-10-9-11-13-17/h9-13,16H,14H2,1-8H3. The summed E-state index contributed by atoms with van der Waals surface area (Å²) in [6.07, 6.45) is 0. The molecule has 0 N–H and O–H groups in total. The van der Waals surface area contributed by atoms with Crippen molar-refractivity contribution in [3.8, 4) is 0 Å². The molecule has 0 saturated carbocycles. The van der Waals surface area contributed by atoms with E-state index in [9.17, 15) is 0 Å². The van der Waals surface area contributed by atoms with E-state index in [1.807, 2.05) is 18.2 Å². The zero-order chi connectivity index (χ0) is 17.5. The second-order valence-electron chi connectivity index (χ2n) is 8.80. The molecule has 2 nitrogen and oxygen atoms in total. The van der Waals surface area contributed by atoms with Crippen LogP contribution in [0.5, 0.6) is 0 Å². The molecule has 0 aliphatic carbocycles. The monoisotopic (exact) mass is 332 g/mol. The molecule has 2 rings (SSSR count). The summed E-state index contributed by atoms with van der Waals surface area (Å²) in [7, 11) is -2.10. The summed E-state index contributed by atoms with van der Waals surface area (Å²) in [5.41, 5.74) is 2.90. The van der Waals surface area contributed by atoms with E-state index in [2.05, 4.69) is 67.5 Å². The van der Waals surface area contributed by atoms with Gasteiger partial charge in [0.05, 0.1) is 0 Å². The molecule has 0 fully saturated rings. The minimum Gasteiger partial charge on any atom is -0.517 e. The Morgan fingerprint density at radius 2 is 1.52 bits per heavy atom. The van der Waals surface area contributed by atoms with Gasteiger partial charge in [-0.2, -0.15) is 0 Å². The molecule has 1 aliphatic rings. The lowest BCUT2D eigenvalue weighted by atomic mass is 10.2. The highest BCUT2D eigenvalue weighted by Crippen LogP contribution is 2.63. The lowest BCUT2D eigenvalue weighted by Gasteiger charge is -2.50. The molecule has 23 heavy (non-hydrogen) atoms. The van der Waals surface area contributed by atoms with Gasteiger partial charge < -0.3 is 9.16 Å². The van der Waals surface area contributed by atoms with Crippen LogP contribution in [0.2, 0.25) is 15.6 Å². The Bertz CT molecular complexity index is 562. The van der Waals surface area contributed by atoms with Crippen LogP contribution in [0.25, 0.3) is 0 Å². The molecule has 0 spiro atoms. The predicted molar refractivity (Wildman–Crippen MR) is 99.6 cm³/mol. The van der Waals surface area contributed by atoms with Crippen LogP contribution in [0.15, 0.2) is 41.9 Å². The second-order valence-corrected chi connectivity index (χ2v) is 14.3. The zero-order valence-electron chi connectivity index (χ0n) is 16.0. The van der Waals surface area contributed by atoms with Crippen molar-refractivity contribution < 1.29 is 9.16 Å². The van der Waals surface area contributed by atoms with E-state index in [4.69, 9.17) is 9.16 Å². The molecule has 0 saturated heterocycles. The third kappa shape index (κ3) is 3.08. The third-order valence-corrected chi connectivity index (χ3v) is 11.9. The van der Waals surface area contributed by atoms with Crippen molar-refractivity contribution in [3.05, 3.63) is 47.4 Å². The van der Waals surface area contributed by atoms with E-state index >= 15 is 0 Å². The van der Waals surface area contributed by atoms with E-state index in [-0.39, 0.29) is 10.1 Å². The molecule has 3 heteroatoms. The SMILES string of the molecule is CC1=C(OCc2ccccc2)O[Si](C(C)(C)C)(C(C)(C)C)C1C. The van der Waals surface area contributed by atoms with Gasteiger partial charge in [0.1, 0.15) is 6.61 Å².